The maximum atomic E-state index is 11.6. The quantitative estimate of drug-likeness (QED) is 0.539. The molecule has 16 heavy (non-hydrogen) atoms. The van der Waals surface area contributed by atoms with E-state index in [1.807, 2.05) is 0 Å². The number of hydrogen-bond donors (Lipinski definition) is 3. The van der Waals surface area contributed by atoms with Crippen molar-refractivity contribution in [2.75, 3.05) is 26.3 Å². The SMILES string of the molecule is O=C(CNC(=O)C1COCCN1)NC1CC1. The predicted octanol–water partition coefficient (Wildman–Crippen LogP) is -1.63. The molecule has 6 nitrogen and oxygen atoms in total. The van der Waals surface area contributed by atoms with Gasteiger partial charge in [-0.3, -0.25) is 9.59 Å². The molecule has 1 aliphatic heterocycles. The normalized spacial score (nSPS) is 24.9. The van der Waals surface area contributed by atoms with Gasteiger partial charge in [0, 0.05) is 12.6 Å². The second-order valence-corrected chi connectivity index (χ2v) is 4.14. The third-order valence-corrected chi connectivity index (χ3v) is 2.60. The number of morpholine rings is 1. The Morgan fingerprint density at radius 1 is 1.38 bits per heavy atom. The van der Waals surface area contributed by atoms with Gasteiger partial charge in [0.1, 0.15) is 6.04 Å². The molecule has 6 heteroatoms. The topological polar surface area (TPSA) is 79.5 Å². The highest BCUT2D eigenvalue weighted by atomic mass is 16.5. The van der Waals surface area contributed by atoms with Gasteiger partial charge in [-0.15, -0.1) is 0 Å². The number of ether oxygens (including phenoxy) is 1. The molecule has 3 N–H and O–H groups in total. The van der Waals surface area contributed by atoms with Gasteiger partial charge in [0.05, 0.1) is 19.8 Å². The summed E-state index contributed by atoms with van der Waals surface area (Å²) in [6.45, 7) is 1.72. The summed E-state index contributed by atoms with van der Waals surface area (Å²) in [5.74, 6) is -0.293. The molecule has 1 heterocycles. The second-order valence-electron chi connectivity index (χ2n) is 4.14. The van der Waals surface area contributed by atoms with Gasteiger partial charge in [-0.1, -0.05) is 0 Å². The molecule has 2 fully saturated rings. The minimum atomic E-state index is -0.331. The average molecular weight is 227 g/mol. The maximum absolute atomic E-state index is 11.6. The second kappa shape index (κ2) is 5.27. The Bertz CT molecular complexity index is 272. The lowest BCUT2D eigenvalue weighted by molar-refractivity contribution is -0.129. The van der Waals surface area contributed by atoms with Crippen LogP contribution in [0.25, 0.3) is 0 Å². The van der Waals surface area contributed by atoms with Crippen LogP contribution in [0.2, 0.25) is 0 Å². The van der Waals surface area contributed by atoms with Crippen LogP contribution in [0.5, 0.6) is 0 Å². The first kappa shape index (κ1) is 11.3. The van der Waals surface area contributed by atoms with Gasteiger partial charge in [0.25, 0.3) is 0 Å². The highest BCUT2D eigenvalue weighted by Crippen LogP contribution is 2.18. The molecule has 2 amide bonds. The summed E-state index contributed by atoms with van der Waals surface area (Å²) < 4.78 is 5.16. The first-order valence-electron chi connectivity index (χ1n) is 5.64. The zero-order valence-corrected chi connectivity index (χ0v) is 9.12. The van der Waals surface area contributed by atoms with Gasteiger partial charge in [0.15, 0.2) is 0 Å². The van der Waals surface area contributed by atoms with Crippen molar-refractivity contribution in [2.24, 2.45) is 0 Å². The van der Waals surface area contributed by atoms with E-state index in [-0.39, 0.29) is 24.4 Å². The number of rotatable bonds is 4. The van der Waals surface area contributed by atoms with Crippen LogP contribution in [0.15, 0.2) is 0 Å². The largest absolute Gasteiger partial charge is 0.378 e. The lowest BCUT2D eigenvalue weighted by atomic mass is 10.2. The van der Waals surface area contributed by atoms with Gasteiger partial charge in [0.2, 0.25) is 11.8 Å². The molecule has 0 aromatic carbocycles. The Morgan fingerprint density at radius 2 is 2.19 bits per heavy atom. The summed E-state index contributed by atoms with van der Waals surface area (Å²) in [5, 5.41) is 8.43. The summed E-state index contributed by atoms with van der Waals surface area (Å²) in [5.41, 5.74) is 0. The highest BCUT2D eigenvalue weighted by Gasteiger charge is 2.24. The first-order chi connectivity index (χ1) is 7.75. The van der Waals surface area contributed by atoms with Crippen molar-refractivity contribution in [3.63, 3.8) is 0 Å². The van der Waals surface area contributed by atoms with Crippen LogP contribution in [0, 0.1) is 0 Å². The Kier molecular flexibility index (Phi) is 3.74. The molecule has 0 radical (unpaired) electrons. The fourth-order valence-corrected chi connectivity index (χ4v) is 1.53. The molecule has 2 rings (SSSR count). The van der Waals surface area contributed by atoms with Gasteiger partial charge >= 0.3 is 0 Å². The highest BCUT2D eigenvalue weighted by molar-refractivity contribution is 5.87. The summed E-state index contributed by atoms with van der Waals surface area (Å²) in [4.78, 5) is 22.9. The zero-order chi connectivity index (χ0) is 11.4. The Hall–Kier alpha value is -1.14. The van der Waals surface area contributed by atoms with E-state index in [1.54, 1.807) is 0 Å². The summed E-state index contributed by atoms with van der Waals surface area (Å²) in [7, 11) is 0. The molecule has 1 atom stereocenters. The van der Waals surface area contributed by atoms with Crippen molar-refractivity contribution in [3.8, 4) is 0 Å². The smallest absolute Gasteiger partial charge is 0.239 e. The van der Waals surface area contributed by atoms with Crippen LogP contribution in [0.1, 0.15) is 12.8 Å². The van der Waals surface area contributed by atoms with E-state index in [0.717, 1.165) is 12.8 Å². The molecule has 1 saturated heterocycles. The molecular weight excluding hydrogens is 210 g/mol. The third kappa shape index (κ3) is 3.46. The number of carbonyl (C=O) groups excluding carboxylic acids is 2. The van der Waals surface area contributed by atoms with E-state index < -0.39 is 0 Å². The standard InChI is InChI=1S/C10H17N3O3/c14-9(13-7-1-2-7)5-12-10(15)8-6-16-4-3-11-8/h7-8,11H,1-6H2,(H,12,15)(H,13,14). The van der Waals surface area contributed by atoms with Gasteiger partial charge in [-0.2, -0.15) is 0 Å². The summed E-state index contributed by atoms with van der Waals surface area (Å²) in [6, 6.07) is 0.00279. The van der Waals surface area contributed by atoms with E-state index in [1.165, 1.54) is 0 Å². The number of nitrogens with one attached hydrogen (secondary N) is 3. The maximum Gasteiger partial charge on any atom is 0.239 e. The van der Waals surface area contributed by atoms with Crippen molar-refractivity contribution in [1.29, 1.82) is 0 Å². The van der Waals surface area contributed by atoms with E-state index in [9.17, 15) is 9.59 Å². The predicted molar refractivity (Wildman–Crippen MR) is 56.8 cm³/mol. The molecule has 0 aromatic rings. The Balaban J connectivity index is 1.63. The van der Waals surface area contributed by atoms with Crippen molar-refractivity contribution in [2.45, 2.75) is 24.9 Å². The molecular formula is C10H17N3O3. The van der Waals surface area contributed by atoms with Crippen LogP contribution in [-0.4, -0.2) is 50.2 Å². The van der Waals surface area contributed by atoms with E-state index in [2.05, 4.69) is 16.0 Å². The summed E-state index contributed by atoms with van der Waals surface area (Å²) in [6.07, 6.45) is 2.11. The van der Waals surface area contributed by atoms with Crippen LogP contribution < -0.4 is 16.0 Å². The van der Waals surface area contributed by atoms with Gasteiger partial charge < -0.3 is 20.7 Å². The van der Waals surface area contributed by atoms with Crippen molar-refractivity contribution < 1.29 is 14.3 Å². The van der Waals surface area contributed by atoms with Crippen molar-refractivity contribution in [3.05, 3.63) is 0 Å². The lowest BCUT2D eigenvalue weighted by Crippen LogP contribution is -2.52. The van der Waals surface area contributed by atoms with Crippen molar-refractivity contribution >= 4 is 11.8 Å². The average Bonchev–Trinajstić information content (AvgIpc) is 3.11. The third-order valence-electron chi connectivity index (χ3n) is 2.60. The van der Waals surface area contributed by atoms with Crippen molar-refractivity contribution in [1.82, 2.24) is 16.0 Å². The molecule has 1 aliphatic carbocycles. The molecule has 1 unspecified atom stereocenters. The number of amides is 2. The minimum Gasteiger partial charge on any atom is -0.378 e. The van der Waals surface area contributed by atoms with Crippen LogP contribution in [-0.2, 0) is 14.3 Å². The lowest BCUT2D eigenvalue weighted by Gasteiger charge is -2.22. The van der Waals surface area contributed by atoms with E-state index >= 15 is 0 Å². The Labute approximate surface area is 94.1 Å². The molecule has 0 aromatic heterocycles. The van der Waals surface area contributed by atoms with Gasteiger partial charge in [-0.05, 0) is 12.8 Å². The molecule has 0 bridgehead atoms. The molecule has 90 valence electrons. The zero-order valence-electron chi connectivity index (χ0n) is 9.12. The van der Waals surface area contributed by atoms with E-state index in [4.69, 9.17) is 4.74 Å². The van der Waals surface area contributed by atoms with Crippen LogP contribution >= 0.6 is 0 Å². The van der Waals surface area contributed by atoms with Crippen LogP contribution in [0.4, 0.5) is 0 Å². The van der Waals surface area contributed by atoms with Crippen LogP contribution in [0.3, 0.4) is 0 Å². The molecule has 1 saturated carbocycles. The number of carbonyl (C=O) groups is 2. The first-order valence-corrected chi connectivity index (χ1v) is 5.64. The minimum absolute atomic E-state index is 0.0491. The summed E-state index contributed by atoms with van der Waals surface area (Å²) >= 11 is 0. The Morgan fingerprint density at radius 3 is 2.81 bits per heavy atom. The molecule has 0 spiro atoms. The van der Waals surface area contributed by atoms with E-state index in [0.29, 0.717) is 25.8 Å². The fourth-order valence-electron chi connectivity index (χ4n) is 1.53. The number of hydrogen-bond acceptors (Lipinski definition) is 4. The monoisotopic (exact) mass is 227 g/mol. The molecule has 2 aliphatic rings. The van der Waals surface area contributed by atoms with Gasteiger partial charge in [-0.25, -0.2) is 0 Å². The fraction of sp³-hybridized carbons (Fsp3) is 0.800.